The van der Waals surface area contributed by atoms with Gasteiger partial charge in [0.1, 0.15) is 11.5 Å². The lowest BCUT2D eigenvalue weighted by Gasteiger charge is -2.42. The molecular weight excluding hydrogens is 521 g/mol. The monoisotopic (exact) mass is 547 g/mol. The van der Waals surface area contributed by atoms with Gasteiger partial charge in [0.05, 0.1) is 21.7 Å². The fraction of sp³-hybridized carbons (Fsp3) is 0.267. The number of carbonyl (C=O) groups excluding carboxylic acids is 2. The number of nitrogens with zero attached hydrogens (tertiary/aromatic N) is 2. The van der Waals surface area contributed by atoms with Crippen molar-refractivity contribution in [2.45, 2.75) is 31.8 Å². The second kappa shape index (κ2) is 10.4. The van der Waals surface area contributed by atoms with Crippen molar-refractivity contribution in [2.24, 2.45) is 5.92 Å². The van der Waals surface area contributed by atoms with E-state index in [2.05, 4.69) is 5.32 Å². The molecular formula is C30H27Cl2N3O3. The van der Waals surface area contributed by atoms with Gasteiger partial charge in [0, 0.05) is 43.4 Å². The van der Waals surface area contributed by atoms with Crippen molar-refractivity contribution in [3.05, 3.63) is 105 Å². The van der Waals surface area contributed by atoms with Gasteiger partial charge < -0.3 is 15.0 Å². The Morgan fingerprint density at radius 2 is 1.68 bits per heavy atom. The smallest absolute Gasteiger partial charge is 0.322 e. The van der Waals surface area contributed by atoms with E-state index in [0.29, 0.717) is 64.7 Å². The maximum atomic E-state index is 14.1. The van der Waals surface area contributed by atoms with Gasteiger partial charge in [-0.25, -0.2) is 4.79 Å². The lowest BCUT2D eigenvalue weighted by Crippen LogP contribution is -2.53. The van der Waals surface area contributed by atoms with E-state index in [1.807, 2.05) is 59.5 Å². The average Bonchev–Trinajstić information content (AvgIpc) is 3.74. The lowest BCUT2D eigenvalue weighted by molar-refractivity contribution is -0.129. The molecule has 2 heterocycles. The molecule has 3 aromatic carbocycles. The van der Waals surface area contributed by atoms with Crippen LogP contribution in [0.3, 0.4) is 0 Å². The highest BCUT2D eigenvalue weighted by molar-refractivity contribution is 6.42. The van der Waals surface area contributed by atoms with E-state index in [4.69, 9.17) is 27.9 Å². The zero-order valence-corrected chi connectivity index (χ0v) is 22.2. The normalized spacial score (nSPS) is 19.4. The minimum Gasteiger partial charge on any atom is -0.457 e. The molecule has 1 aliphatic carbocycles. The van der Waals surface area contributed by atoms with Gasteiger partial charge in [0.2, 0.25) is 0 Å². The number of rotatable bonds is 7. The number of benzene rings is 3. The summed E-state index contributed by atoms with van der Waals surface area (Å²) in [6, 6.07) is 21.7. The van der Waals surface area contributed by atoms with Gasteiger partial charge in [-0.2, -0.15) is 0 Å². The summed E-state index contributed by atoms with van der Waals surface area (Å²) < 4.78 is 6.22. The summed E-state index contributed by atoms with van der Waals surface area (Å²) in [5, 5.41) is 3.95. The Bertz CT molecular complexity index is 1420. The Labute approximate surface area is 231 Å². The molecule has 2 aliphatic heterocycles. The Kier molecular flexibility index (Phi) is 6.76. The van der Waals surface area contributed by atoms with E-state index in [0.717, 1.165) is 24.1 Å². The number of carbonyl (C=O) groups is 2. The van der Waals surface area contributed by atoms with Crippen molar-refractivity contribution in [1.29, 1.82) is 0 Å². The molecule has 38 heavy (non-hydrogen) atoms. The third-order valence-corrected chi connectivity index (χ3v) is 8.02. The van der Waals surface area contributed by atoms with Crippen molar-refractivity contribution in [3.8, 4) is 11.5 Å². The minimum atomic E-state index is -0.641. The van der Waals surface area contributed by atoms with Gasteiger partial charge in [-0.1, -0.05) is 71.7 Å². The number of nitrogens with one attached hydrogen (secondary N) is 1. The predicted molar refractivity (Wildman–Crippen MR) is 147 cm³/mol. The van der Waals surface area contributed by atoms with Crippen LogP contribution < -0.4 is 10.1 Å². The summed E-state index contributed by atoms with van der Waals surface area (Å²) in [4.78, 5) is 31.1. The lowest BCUT2D eigenvalue weighted by atomic mass is 9.89. The average molecular weight is 548 g/mol. The molecule has 0 spiro atoms. The van der Waals surface area contributed by atoms with Gasteiger partial charge in [-0.3, -0.25) is 9.69 Å². The largest absolute Gasteiger partial charge is 0.457 e. The molecule has 0 bridgehead atoms. The van der Waals surface area contributed by atoms with Gasteiger partial charge >= 0.3 is 6.03 Å². The van der Waals surface area contributed by atoms with Crippen LogP contribution in [-0.4, -0.2) is 34.8 Å². The van der Waals surface area contributed by atoms with Gasteiger partial charge in [-0.05, 0) is 42.5 Å². The van der Waals surface area contributed by atoms with Crippen LogP contribution in [-0.2, 0) is 11.3 Å². The molecule has 1 fully saturated rings. The number of hydrogen-bond acceptors (Lipinski definition) is 3. The molecule has 1 saturated carbocycles. The van der Waals surface area contributed by atoms with Crippen LogP contribution >= 0.6 is 23.2 Å². The zero-order valence-electron chi connectivity index (χ0n) is 20.7. The van der Waals surface area contributed by atoms with E-state index >= 15 is 0 Å². The Morgan fingerprint density at radius 3 is 2.45 bits per heavy atom. The molecule has 0 radical (unpaired) electrons. The standard InChI is InChI=1S/C30H27Cl2N3O3/c31-23-13-12-21(16-24(23)32)38-26-9-5-4-8-22(26)28-27-25(35(30(37)33-28)18-20-10-11-20)14-15-34(29(27)36)17-19-6-2-1-3-7-19/h1-9,12-13,16,20,28H,10-11,14-15,17-18H2,(H,33,37). The Hall–Kier alpha value is -3.48. The van der Waals surface area contributed by atoms with Crippen molar-refractivity contribution < 1.29 is 14.3 Å². The van der Waals surface area contributed by atoms with Crippen LogP contribution in [0.5, 0.6) is 11.5 Å². The predicted octanol–water partition coefficient (Wildman–Crippen LogP) is 6.95. The molecule has 0 aromatic heterocycles. The van der Waals surface area contributed by atoms with Gasteiger partial charge in [-0.15, -0.1) is 0 Å². The Morgan fingerprint density at radius 1 is 0.921 bits per heavy atom. The number of ether oxygens (including phenoxy) is 1. The molecule has 1 atom stereocenters. The van der Waals surface area contributed by atoms with Crippen LogP contribution in [0, 0.1) is 5.92 Å². The van der Waals surface area contributed by atoms with Crippen molar-refractivity contribution >= 4 is 35.1 Å². The summed E-state index contributed by atoms with van der Waals surface area (Å²) in [7, 11) is 0. The molecule has 3 aromatic rings. The molecule has 3 aliphatic rings. The van der Waals surface area contributed by atoms with Crippen LogP contribution in [0.4, 0.5) is 4.79 Å². The Balaban J connectivity index is 1.38. The first-order valence-electron chi connectivity index (χ1n) is 12.8. The van der Waals surface area contributed by atoms with E-state index in [9.17, 15) is 9.59 Å². The van der Waals surface area contributed by atoms with E-state index < -0.39 is 6.04 Å². The SMILES string of the molecule is O=C1C2=C(CCN1Cc1ccccc1)N(CC1CC1)C(=O)NC2c1ccccc1Oc1ccc(Cl)c(Cl)c1. The van der Waals surface area contributed by atoms with Crippen molar-refractivity contribution in [3.63, 3.8) is 0 Å². The molecule has 8 heteroatoms. The quantitative estimate of drug-likeness (QED) is 0.348. The first-order chi connectivity index (χ1) is 18.5. The number of para-hydroxylation sites is 1. The maximum Gasteiger partial charge on any atom is 0.322 e. The van der Waals surface area contributed by atoms with E-state index in [-0.39, 0.29) is 11.9 Å². The molecule has 0 saturated heterocycles. The van der Waals surface area contributed by atoms with Crippen LogP contribution in [0.2, 0.25) is 10.0 Å². The first-order valence-corrected chi connectivity index (χ1v) is 13.6. The second-order valence-corrected chi connectivity index (χ2v) is 10.8. The topological polar surface area (TPSA) is 61.9 Å². The molecule has 1 unspecified atom stereocenters. The number of amides is 3. The third kappa shape index (κ3) is 4.98. The molecule has 194 valence electrons. The van der Waals surface area contributed by atoms with Crippen molar-refractivity contribution in [2.75, 3.05) is 13.1 Å². The summed E-state index contributed by atoms with van der Waals surface area (Å²) >= 11 is 12.3. The van der Waals surface area contributed by atoms with Crippen LogP contribution in [0.25, 0.3) is 0 Å². The van der Waals surface area contributed by atoms with Crippen LogP contribution in [0.15, 0.2) is 84.1 Å². The molecule has 3 amide bonds. The fourth-order valence-electron chi connectivity index (χ4n) is 5.16. The highest BCUT2D eigenvalue weighted by Crippen LogP contribution is 2.42. The zero-order chi connectivity index (χ0) is 26.2. The summed E-state index contributed by atoms with van der Waals surface area (Å²) in [6.45, 7) is 1.72. The summed E-state index contributed by atoms with van der Waals surface area (Å²) in [5.74, 6) is 1.48. The summed E-state index contributed by atoms with van der Waals surface area (Å²) in [6.07, 6.45) is 2.86. The number of urea groups is 1. The first kappa shape index (κ1) is 24.8. The van der Waals surface area contributed by atoms with Crippen LogP contribution in [0.1, 0.15) is 36.4 Å². The van der Waals surface area contributed by atoms with E-state index in [1.165, 1.54) is 0 Å². The maximum absolute atomic E-state index is 14.1. The summed E-state index contributed by atoms with van der Waals surface area (Å²) in [5.41, 5.74) is 3.21. The second-order valence-electron chi connectivity index (χ2n) is 9.97. The van der Waals surface area contributed by atoms with Gasteiger partial charge in [0.25, 0.3) is 5.91 Å². The molecule has 6 rings (SSSR count). The highest BCUT2D eigenvalue weighted by Gasteiger charge is 2.43. The third-order valence-electron chi connectivity index (χ3n) is 7.28. The highest BCUT2D eigenvalue weighted by atomic mass is 35.5. The van der Waals surface area contributed by atoms with Crippen molar-refractivity contribution in [1.82, 2.24) is 15.1 Å². The number of hydrogen-bond donors (Lipinski definition) is 1. The van der Waals surface area contributed by atoms with E-state index in [1.54, 1.807) is 23.1 Å². The number of halogens is 2. The fourth-order valence-corrected chi connectivity index (χ4v) is 5.44. The minimum absolute atomic E-state index is 0.0646. The molecule has 1 N–H and O–H groups in total. The van der Waals surface area contributed by atoms with Gasteiger partial charge in [0.15, 0.2) is 0 Å². The molecule has 6 nitrogen and oxygen atoms in total.